The lowest BCUT2D eigenvalue weighted by atomic mass is 9.71. The molecule has 0 radical (unpaired) electrons. The van der Waals surface area contributed by atoms with Crippen molar-refractivity contribution in [3.8, 4) is 0 Å². The summed E-state index contributed by atoms with van der Waals surface area (Å²) in [4.78, 5) is 0. The summed E-state index contributed by atoms with van der Waals surface area (Å²) in [6.07, 6.45) is 7.78. The van der Waals surface area contributed by atoms with Gasteiger partial charge >= 0.3 is 0 Å². The zero-order valence-corrected chi connectivity index (χ0v) is 11.6. The summed E-state index contributed by atoms with van der Waals surface area (Å²) in [5.74, 6) is 2.19. The minimum atomic E-state index is 0.518. The molecule has 0 bridgehead atoms. The maximum Gasteiger partial charge on any atom is 0.00676 e. The van der Waals surface area contributed by atoms with E-state index in [-0.39, 0.29) is 0 Å². The third kappa shape index (κ3) is 4.78. The first kappa shape index (κ1) is 13.4. The van der Waals surface area contributed by atoms with Gasteiger partial charge in [0.2, 0.25) is 0 Å². The molecule has 1 nitrogen and oxygen atoms in total. The topological polar surface area (TPSA) is 12.0 Å². The fourth-order valence-electron chi connectivity index (χ4n) is 2.53. The summed E-state index contributed by atoms with van der Waals surface area (Å²) >= 11 is 1.93. The average Bonchev–Trinajstić information content (AvgIpc) is 2.18. The van der Waals surface area contributed by atoms with Crippen molar-refractivity contribution >= 4 is 11.8 Å². The summed E-state index contributed by atoms with van der Waals surface area (Å²) < 4.78 is 0. The second kappa shape index (κ2) is 6.15. The monoisotopic (exact) mass is 229 g/mol. The predicted octanol–water partition coefficient (Wildman–Crippen LogP) is 3.54. The van der Waals surface area contributed by atoms with Crippen molar-refractivity contribution in [3.63, 3.8) is 0 Å². The molecule has 0 saturated heterocycles. The molecule has 0 amide bonds. The van der Waals surface area contributed by atoms with E-state index in [4.69, 9.17) is 0 Å². The van der Waals surface area contributed by atoms with Gasteiger partial charge in [0.25, 0.3) is 0 Å². The van der Waals surface area contributed by atoms with Crippen LogP contribution in [0, 0.1) is 11.3 Å². The smallest absolute Gasteiger partial charge is 0.00676 e. The molecule has 1 aliphatic carbocycles. The Morgan fingerprint density at radius 3 is 2.20 bits per heavy atom. The molecule has 15 heavy (non-hydrogen) atoms. The first-order valence-corrected chi connectivity index (χ1v) is 7.65. The van der Waals surface area contributed by atoms with Crippen molar-refractivity contribution in [1.82, 2.24) is 5.32 Å². The van der Waals surface area contributed by atoms with Gasteiger partial charge in [0.05, 0.1) is 0 Å². The van der Waals surface area contributed by atoms with E-state index in [1.807, 2.05) is 11.8 Å². The molecule has 1 N–H and O–H groups in total. The molecule has 0 aromatic rings. The Labute approximate surface area is 99.8 Å². The largest absolute Gasteiger partial charge is 0.313 e. The Hall–Kier alpha value is 0.310. The van der Waals surface area contributed by atoms with E-state index in [2.05, 4.69) is 32.3 Å². The minimum Gasteiger partial charge on any atom is -0.313 e. The summed E-state index contributed by atoms with van der Waals surface area (Å²) in [6.45, 7) is 8.35. The third-order valence-electron chi connectivity index (χ3n) is 3.69. The zero-order chi connectivity index (χ0) is 11.3. The van der Waals surface area contributed by atoms with Crippen LogP contribution < -0.4 is 5.32 Å². The van der Waals surface area contributed by atoms with Gasteiger partial charge in [-0.3, -0.25) is 0 Å². The van der Waals surface area contributed by atoms with Gasteiger partial charge in [0.15, 0.2) is 0 Å². The van der Waals surface area contributed by atoms with E-state index < -0.39 is 0 Å². The molecule has 0 aromatic heterocycles. The number of hydrogen-bond donors (Lipinski definition) is 1. The molecule has 1 aliphatic rings. The highest BCUT2D eigenvalue weighted by molar-refractivity contribution is 7.98. The van der Waals surface area contributed by atoms with Crippen LogP contribution in [0.25, 0.3) is 0 Å². The van der Waals surface area contributed by atoms with E-state index >= 15 is 0 Å². The van der Waals surface area contributed by atoms with E-state index in [9.17, 15) is 0 Å². The Morgan fingerprint density at radius 2 is 1.73 bits per heavy atom. The highest BCUT2D eigenvalue weighted by Gasteiger charge is 2.29. The van der Waals surface area contributed by atoms with Crippen LogP contribution in [0.4, 0.5) is 0 Å². The van der Waals surface area contributed by atoms with E-state index in [0.29, 0.717) is 5.41 Å². The molecule has 0 unspecified atom stereocenters. The first-order valence-electron chi connectivity index (χ1n) is 6.26. The lowest BCUT2D eigenvalue weighted by molar-refractivity contribution is 0.161. The molecule has 2 heteroatoms. The molecule has 1 saturated carbocycles. The second-order valence-corrected chi connectivity index (χ2v) is 6.85. The molecule has 0 aliphatic heterocycles. The Balaban J connectivity index is 2.18. The standard InChI is InChI=1S/C13H27NS/c1-13(2,3)11-5-7-12(8-6-11)14-9-10-15-4/h11-12,14H,5-10H2,1-4H3. The van der Waals surface area contributed by atoms with Gasteiger partial charge in [-0.15, -0.1) is 0 Å². The maximum atomic E-state index is 3.67. The molecule has 0 aromatic carbocycles. The maximum absolute atomic E-state index is 3.67. The van der Waals surface area contributed by atoms with Crippen LogP contribution in [0.3, 0.4) is 0 Å². The highest BCUT2D eigenvalue weighted by atomic mass is 32.2. The third-order valence-corrected chi connectivity index (χ3v) is 4.30. The van der Waals surface area contributed by atoms with Crippen molar-refractivity contribution in [2.45, 2.75) is 52.5 Å². The van der Waals surface area contributed by atoms with Gasteiger partial charge in [-0.25, -0.2) is 0 Å². The van der Waals surface area contributed by atoms with Crippen LogP contribution in [-0.2, 0) is 0 Å². The van der Waals surface area contributed by atoms with E-state index in [1.54, 1.807) is 0 Å². The Bertz CT molecular complexity index is 166. The normalized spacial score (nSPS) is 28.0. The van der Waals surface area contributed by atoms with Crippen molar-refractivity contribution in [2.24, 2.45) is 11.3 Å². The lowest BCUT2D eigenvalue weighted by Crippen LogP contribution is -2.37. The highest BCUT2D eigenvalue weighted by Crippen LogP contribution is 2.37. The van der Waals surface area contributed by atoms with Crippen molar-refractivity contribution < 1.29 is 0 Å². The molecular weight excluding hydrogens is 202 g/mol. The summed E-state index contributed by atoms with van der Waals surface area (Å²) in [6, 6.07) is 0.802. The Morgan fingerprint density at radius 1 is 1.13 bits per heavy atom. The van der Waals surface area contributed by atoms with E-state index in [0.717, 1.165) is 12.0 Å². The molecular formula is C13H27NS. The molecule has 0 heterocycles. The van der Waals surface area contributed by atoms with Crippen LogP contribution in [-0.4, -0.2) is 24.6 Å². The minimum absolute atomic E-state index is 0.518. The van der Waals surface area contributed by atoms with Gasteiger partial charge in [0.1, 0.15) is 0 Å². The molecule has 1 fully saturated rings. The van der Waals surface area contributed by atoms with Gasteiger partial charge < -0.3 is 5.32 Å². The molecule has 90 valence electrons. The van der Waals surface area contributed by atoms with Gasteiger partial charge in [0, 0.05) is 18.3 Å². The summed E-state index contributed by atoms with van der Waals surface area (Å²) in [5.41, 5.74) is 0.518. The average molecular weight is 229 g/mol. The van der Waals surface area contributed by atoms with Gasteiger partial charge in [-0.05, 0) is 43.3 Å². The molecule has 1 rings (SSSR count). The van der Waals surface area contributed by atoms with Crippen LogP contribution in [0.1, 0.15) is 46.5 Å². The summed E-state index contributed by atoms with van der Waals surface area (Å²) in [7, 11) is 0. The van der Waals surface area contributed by atoms with Crippen LogP contribution in [0.5, 0.6) is 0 Å². The van der Waals surface area contributed by atoms with Crippen molar-refractivity contribution in [3.05, 3.63) is 0 Å². The van der Waals surface area contributed by atoms with Crippen LogP contribution in [0.2, 0.25) is 0 Å². The van der Waals surface area contributed by atoms with Gasteiger partial charge in [-0.1, -0.05) is 20.8 Å². The SMILES string of the molecule is CSCCNC1CCC(C(C)(C)C)CC1. The first-order chi connectivity index (χ1) is 7.04. The number of hydrogen-bond acceptors (Lipinski definition) is 2. The van der Waals surface area contributed by atoms with Crippen molar-refractivity contribution in [2.75, 3.05) is 18.6 Å². The number of thioether (sulfide) groups is 1. The van der Waals surface area contributed by atoms with Crippen LogP contribution in [0.15, 0.2) is 0 Å². The van der Waals surface area contributed by atoms with Gasteiger partial charge in [-0.2, -0.15) is 11.8 Å². The summed E-state index contributed by atoms with van der Waals surface area (Å²) in [5, 5.41) is 3.67. The fraction of sp³-hybridized carbons (Fsp3) is 1.00. The quantitative estimate of drug-likeness (QED) is 0.740. The lowest BCUT2D eigenvalue weighted by Gasteiger charge is -2.37. The Kier molecular flexibility index (Phi) is 5.48. The predicted molar refractivity (Wildman–Crippen MR) is 71.6 cm³/mol. The molecule has 0 spiro atoms. The zero-order valence-electron chi connectivity index (χ0n) is 10.8. The van der Waals surface area contributed by atoms with Crippen LogP contribution >= 0.6 is 11.8 Å². The van der Waals surface area contributed by atoms with Crippen molar-refractivity contribution in [1.29, 1.82) is 0 Å². The number of rotatable bonds is 4. The number of nitrogens with one attached hydrogen (secondary N) is 1. The molecule has 0 atom stereocenters. The fourth-order valence-corrected chi connectivity index (χ4v) is 2.85. The second-order valence-electron chi connectivity index (χ2n) is 5.86. The van der Waals surface area contributed by atoms with E-state index in [1.165, 1.54) is 38.0 Å².